The molecule has 94 valence electrons. The topological polar surface area (TPSA) is 3.24 Å². The van der Waals surface area contributed by atoms with E-state index in [9.17, 15) is 0 Å². The molecular weight excluding hydrogens is 208 g/mol. The molecular formula is C15H25N2+. The summed E-state index contributed by atoms with van der Waals surface area (Å²) in [7, 11) is 4.61. The molecule has 1 fully saturated rings. The van der Waals surface area contributed by atoms with Crippen LogP contribution < -0.4 is 4.90 Å². The Labute approximate surface area is 105 Å². The fraction of sp³-hybridized carbons (Fsp3) is 0.600. The molecule has 0 unspecified atom stereocenters. The van der Waals surface area contributed by atoms with Gasteiger partial charge in [0.1, 0.15) is 0 Å². The molecule has 0 atom stereocenters. The molecule has 0 N–H and O–H groups in total. The summed E-state index contributed by atoms with van der Waals surface area (Å²) in [6, 6.07) is 10.7. The monoisotopic (exact) mass is 233 g/mol. The van der Waals surface area contributed by atoms with Crippen LogP contribution in [0, 0.1) is 0 Å². The summed E-state index contributed by atoms with van der Waals surface area (Å²) in [6.07, 6.45) is 4.25. The zero-order valence-electron chi connectivity index (χ0n) is 11.2. The fourth-order valence-corrected chi connectivity index (χ4v) is 2.70. The first-order valence-corrected chi connectivity index (χ1v) is 6.79. The van der Waals surface area contributed by atoms with Crippen LogP contribution in [0.2, 0.25) is 0 Å². The molecule has 0 bridgehead atoms. The Morgan fingerprint density at radius 1 is 1.06 bits per heavy atom. The standard InChI is InChI=1S/C15H25N2/c1-16(15-9-5-3-6-10-15)11-14-17(2)12-7-4-8-13-17/h3,5-6,9-10H,4,7-8,11-14H2,1-2H3/q+1. The van der Waals surface area contributed by atoms with Gasteiger partial charge in [0.05, 0.1) is 33.2 Å². The van der Waals surface area contributed by atoms with Gasteiger partial charge >= 0.3 is 0 Å². The van der Waals surface area contributed by atoms with Crippen molar-refractivity contribution in [3.63, 3.8) is 0 Å². The van der Waals surface area contributed by atoms with Crippen molar-refractivity contribution in [2.45, 2.75) is 19.3 Å². The van der Waals surface area contributed by atoms with Crippen molar-refractivity contribution in [2.24, 2.45) is 0 Å². The number of nitrogens with zero attached hydrogens (tertiary/aromatic N) is 2. The Hall–Kier alpha value is -1.02. The molecule has 0 spiro atoms. The molecule has 17 heavy (non-hydrogen) atoms. The zero-order chi connectivity index (χ0) is 12.1. The first-order valence-electron chi connectivity index (χ1n) is 6.79. The third-order valence-electron chi connectivity index (χ3n) is 4.07. The fourth-order valence-electron chi connectivity index (χ4n) is 2.70. The highest BCUT2D eigenvalue weighted by Crippen LogP contribution is 2.17. The lowest BCUT2D eigenvalue weighted by molar-refractivity contribution is -0.912. The summed E-state index contributed by atoms with van der Waals surface area (Å²) in [5, 5.41) is 0. The lowest BCUT2D eigenvalue weighted by Gasteiger charge is -2.39. The molecule has 1 aliphatic rings. The van der Waals surface area contributed by atoms with Crippen LogP contribution in [0.1, 0.15) is 19.3 Å². The van der Waals surface area contributed by atoms with Crippen molar-refractivity contribution in [1.29, 1.82) is 0 Å². The Kier molecular flexibility index (Phi) is 4.06. The molecule has 1 aliphatic heterocycles. The highest BCUT2D eigenvalue weighted by Gasteiger charge is 2.24. The van der Waals surface area contributed by atoms with Gasteiger partial charge in [-0.25, -0.2) is 0 Å². The van der Waals surface area contributed by atoms with Crippen LogP contribution in [0.5, 0.6) is 0 Å². The average Bonchev–Trinajstić information content (AvgIpc) is 2.38. The summed E-state index contributed by atoms with van der Waals surface area (Å²) in [5.74, 6) is 0. The van der Waals surface area contributed by atoms with Gasteiger partial charge in [-0.05, 0) is 31.4 Å². The van der Waals surface area contributed by atoms with Crippen LogP contribution in [0.4, 0.5) is 5.69 Å². The van der Waals surface area contributed by atoms with Gasteiger partial charge in [0.2, 0.25) is 0 Å². The number of likely N-dealkylation sites (N-methyl/N-ethyl adjacent to an activating group) is 2. The Morgan fingerprint density at radius 3 is 2.35 bits per heavy atom. The number of benzene rings is 1. The van der Waals surface area contributed by atoms with Gasteiger partial charge in [-0.1, -0.05) is 18.2 Å². The van der Waals surface area contributed by atoms with Gasteiger partial charge in [-0.15, -0.1) is 0 Å². The quantitative estimate of drug-likeness (QED) is 0.723. The van der Waals surface area contributed by atoms with Crippen molar-refractivity contribution < 1.29 is 4.48 Å². The number of likely N-dealkylation sites (tertiary alicyclic amines) is 1. The number of quaternary nitrogens is 1. The average molecular weight is 233 g/mol. The minimum absolute atomic E-state index is 1.15. The summed E-state index contributed by atoms with van der Waals surface area (Å²) in [5.41, 5.74) is 1.33. The van der Waals surface area contributed by atoms with Crippen molar-refractivity contribution >= 4 is 5.69 Å². The molecule has 1 heterocycles. The van der Waals surface area contributed by atoms with Crippen molar-refractivity contribution in [1.82, 2.24) is 0 Å². The van der Waals surface area contributed by atoms with Crippen LogP contribution in [-0.4, -0.2) is 44.8 Å². The first kappa shape index (κ1) is 12.4. The van der Waals surface area contributed by atoms with Crippen molar-refractivity contribution in [2.75, 3.05) is 45.2 Å². The SMILES string of the molecule is CN(CC[N+]1(C)CCCCC1)c1ccccc1. The van der Waals surface area contributed by atoms with Crippen LogP contribution >= 0.6 is 0 Å². The smallest absolute Gasteiger partial charge is 0.0962 e. The molecule has 0 aromatic heterocycles. The first-order chi connectivity index (χ1) is 8.20. The third-order valence-corrected chi connectivity index (χ3v) is 4.07. The predicted molar refractivity (Wildman–Crippen MR) is 74.3 cm³/mol. The van der Waals surface area contributed by atoms with Gasteiger partial charge in [0.25, 0.3) is 0 Å². The van der Waals surface area contributed by atoms with Crippen LogP contribution in [0.3, 0.4) is 0 Å². The van der Waals surface area contributed by atoms with E-state index in [0.717, 1.165) is 6.54 Å². The number of hydrogen-bond donors (Lipinski definition) is 0. The summed E-state index contributed by atoms with van der Waals surface area (Å²) >= 11 is 0. The zero-order valence-corrected chi connectivity index (χ0v) is 11.2. The summed E-state index contributed by atoms with van der Waals surface area (Å²) in [6.45, 7) is 5.15. The maximum Gasteiger partial charge on any atom is 0.0962 e. The third kappa shape index (κ3) is 3.47. The largest absolute Gasteiger partial charge is 0.369 e. The van der Waals surface area contributed by atoms with E-state index >= 15 is 0 Å². The maximum atomic E-state index is 2.41. The summed E-state index contributed by atoms with van der Waals surface area (Å²) in [4.78, 5) is 2.37. The molecule has 0 aliphatic carbocycles. The normalized spacial score (nSPS) is 18.9. The van der Waals surface area contributed by atoms with E-state index in [2.05, 4.69) is 49.3 Å². The van der Waals surface area contributed by atoms with Crippen LogP contribution in [0.15, 0.2) is 30.3 Å². The molecule has 0 radical (unpaired) electrons. The lowest BCUT2D eigenvalue weighted by atomic mass is 10.1. The van der Waals surface area contributed by atoms with Gasteiger partial charge in [-0.3, -0.25) is 0 Å². The number of anilines is 1. The van der Waals surface area contributed by atoms with Crippen molar-refractivity contribution in [3.05, 3.63) is 30.3 Å². The van der Waals surface area contributed by atoms with Gasteiger partial charge in [-0.2, -0.15) is 0 Å². The lowest BCUT2D eigenvalue weighted by Crippen LogP contribution is -2.51. The van der Waals surface area contributed by atoms with Gasteiger partial charge in [0, 0.05) is 12.7 Å². The van der Waals surface area contributed by atoms with E-state index in [1.54, 1.807) is 0 Å². The number of para-hydroxylation sites is 1. The van der Waals surface area contributed by atoms with Crippen LogP contribution in [0.25, 0.3) is 0 Å². The van der Waals surface area contributed by atoms with Crippen LogP contribution in [-0.2, 0) is 0 Å². The van der Waals surface area contributed by atoms with Gasteiger partial charge in [0.15, 0.2) is 0 Å². The molecule has 0 saturated carbocycles. The predicted octanol–water partition coefficient (Wildman–Crippen LogP) is 2.75. The second-order valence-electron chi connectivity index (χ2n) is 5.61. The Balaban J connectivity index is 1.85. The Morgan fingerprint density at radius 2 is 1.71 bits per heavy atom. The van der Waals surface area contributed by atoms with E-state index in [1.807, 2.05) is 0 Å². The molecule has 0 amide bonds. The van der Waals surface area contributed by atoms with Gasteiger partial charge < -0.3 is 9.38 Å². The highest BCUT2D eigenvalue weighted by molar-refractivity contribution is 5.44. The number of rotatable bonds is 4. The highest BCUT2D eigenvalue weighted by atomic mass is 15.3. The summed E-state index contributed by atoms with van der Waals surface area (Å²) < 4.78 is 1.26. The molecule has 1 saturated heterocycles. The van der Waals surface area contributed by atoms with E-state index in [4.69, 9.17) is 0 Å². The van der Waals surface area contributed by atoms with E-state index in [1.165, 1.54) is 49.1 Å². The molecule has 1 aromatic rings. The minimum Gasteiger partial charge on any atom is -0.369 e. The van der Waals surface area contributed by atoms with E-state index in [0.29, 0.717) is 0 Å². The molecule has 2 heteroatoms. The molecule has 1 aromatic carbocycles. The minimum atomic E-state index is 1.15. The van der Waals surface area contributed by atoms with E-state index < -0.39 is 0 Å². The van der Waals surface area contributed by atoms with Crippen molar-refractivity contribution in [3.8, 4) is 0 Å². The maximum absolute atomic E-state index is 2.41. The number of piperidine rings is 1. The number of hydrogen-bond acceptors (Lipinski definition) is 1. The molecule has 2 nitrogen and oxygen atoms in total. The second kappa shape index (κ2) is 5.54. The van der Waals surface area contributed by atoms with E-state index in [-0.39, 0.29) is 0 Å². The Bertz CT molecular complexity index is 328. The molecule has 2 rings (SSSR count). The second-order valence-corrected chi connectivity index (χ2v) is 5.61.